The van der Waals surface area contributed by atoms with Crippen molar-refractivity contribution in [3.05, 3.63) is 206 Å². The fraction of sp³-hybridized carbons (Fsp3) is 0. The molecule has 4 heteroatoms. The summed E-state index contributed by atoms with van der Waals surface area (Å²) in [5.74, 6) is 0. The lowest BCUT2D eigenvalue weighted by atomic mass is 9.33. The van der Waals surface area contributed by atoms with Crippen LogP contribution in [0, 0.1) is 0 Å². The number of hydrogen-bond donors (Lipinski definition) is 0. The van der Waals surface area contributed by atoms with Crippen LogP contribution in [0.3, 0.4) is 0 Å². The van der Waals surface area contributed by atoms with Gasteiger partial charge in [-0.3, -0.25) is 0 Å². The van der Waals surface area contributed by atoms with Crippen LogP contribution in [0.4, 0.5) is 34.1 Å². The van der Waals surface area contributed by atoms with Crippen LogP contribution in [0.1, 0.15) is 0 Å². The summed E-state index contributed by atoms with van der Waals surface area (Å²) < 4.78 is 2.59. The Balaban J connectivity index is 1.35. The summed E-state index contributed by atoms with van der Waals surface area (Å²) in [6.07, 6.45) is 0. The first-order valence-electron chi connectivity index (χ1n) is 20.2. The van der Waals surface area contributed by atoms with Crippen molar-refractivity contribution in [3.8, 4) is 0 Å². The summed E-state index contributed by atoms with van der Waals surface area (Å²) in [6.45, 7) is 0.0297. The van der Waals surface area contributed by atoms with E-state index in [4.69, 9.17) is 0 Å². The molecular formula is C54H34BN3. The molecule has 2 aromatic heterocycles. The summed E-state index contributed by atoms with van der Waals surface area (Å²) >= 11 is 0. The van der Waals surface area contributed by atoms with Gasteiger partial charge < -0.3 is 14.2 Å². The van der Waals surface area contributed by atoms with Gasteiger partial charge in [0, 0.05) is 50.0 Å². The van der Waals surface area contributed by atoms with Crippen LogP contribution in [-0.4, -0.2) is 11.1 Å². The Hall–Kier alpha value is -7.56. The molecule has 0 bridgehead atoms. The molecule has 0 amide bonds. The molecule has 0 N–H and O–H groups in total. The first-order chi connectivity index (χ1) is 28.8. The van der Waals surface area contributed by atoms with E-state index in [1.807, 2.05) is 0 Å². The van der Waals surface area contributed by atoms with Crippen LogP contribution < -0.4 is 26.2 Å². The van der Waals surface area contributed by atoms with Crippen molar-refractivity contribution in [1.29, 1.82) is 0 Å². The van der Waals surface area contributed by atoms with Crippen molar-refractivity contribution in [1.82, 2.24) is 4.40 Å². The van der Waals surface area contributed by atoms with Gasteiger partial charge in [-0.15, -0.1) is 0 Å². The minimum atomic E-state index is 0.0297. The standard InChI is InChI=1S/C54H34BN3/c1-3-18-35(19-4-1)56-47-32-15-12-29-44(47)55-45-30-13-16-33-48(45)57(36-20-5-2-6-21-36)54-51-43-28-17-27-42-40-25-10-8-23-38(40)37-22-7-9-24-39(37)41-26-11-14-31-46(41)58(53(42)43)49(51)34-50(56)52(54)55/h1-34H. The Bertz CT molecular complexity index is 3530. The first-order valence-corrected chi connectivity index (χ1v) is 20.2. The second-order valence-corrected chi connectivity index (χ2v) is 15.6. The fourth-order valence-corrected chi connectivity index (χ4v) is 10.5. The van der Waals surface area contributed by atoms with E-state index in [0.717, 1.165) is 11.4 Å². The van der Waals surface area contributed by atoms with E-state index >= 15 is 0 Å². The van der Waals surface area contributed by atoms with Gasteiger partial charge >= 0.3 is 0 Å². The monoisotopic (exact) mass is 735 g/mol. The third-order valence-electron chi connectivity index (χ3n) is 12.7. The lowest BCUT2D eigenvalue weighted by molar-refractivity contribution is 1.26. The van der Waals surface area contributed by atoms with E-state index in [-0.39, 0.29) is 6.71 Å². The minimum Gasteiger partial charge on any atom is -0.311 e. The predicted molar refractivity (Wildman–Crippen MR) is 248 cm³/mol. The summed E-state index contributed by atoms with van der Waals surface area (Å²) in [7, 11) is 0. The molecule has 0 unspecified atom stereocenters. The molecule has 0 saturated heterocycles. The number of rotatable bonds is 2. The Morgan fingerprint density at radius 2 is 0.793 bits per heavy atom. The minimum absolute atomic E-state index is 0.0297. The number of fused-ring (bicyclic) bond motifs is 15. The van der Waals surface area contributed by atoms with Crippen LogP contribution in [0.15, 0.2) is 206 Å². The van der Waals surface area contributed by atoms with Crippen LogP contribution in [-0.2, 0) is 0 Å². The predicted octanol–water partition coefficient (Wildman–Crippen LogP) is 12.4. The molecule has 0 saturated carbocycles. The third kappa shape index (κ3) is 4.18. The summed E-state index contributed by atoms with van der Waals surface area (Å²) in [5, 5.41) is 9.88. The highest BCUT2D eigenvalue weighted by atomic mass is 15.2. The molecule has 0 fully saturated rings. The first kappa shape index (κ1) is 31.6. The van der Waals surface area contributed by atoms with Gasteiger partial charge in [0.2, 0.25) is 0 Å². The number of anilines is 6. The van der Waals surface area contributed by atoms with Gasteiger partial charge in [0.1, 0.15) is 0 Å². The van der Waals surface area contributed by atoms with Gasteiger partial charge in [0.25, 0.3) is 6.71 Å². The summed E-state index contributed by atoms with van der Waals surface area (Å²) in [5.41, 5.74) is 14.7. The van der Waals surface area contributed by atoms with E-state index < -0.39 is 0 Å². The molecule has 0 spiro atoms. The number of benzene rings is 9. The van der Waals surface area contributed by atoms with Crippen molar-refractivity contribution in [2.24, 2.45) is 0 Å². The van der Waals surface area contributed by atoms with Gasteiger partial charge in [-0.25, -0.2) is 0 Å². The molecule has 268 valence electrons. The van der Waals surface area contributed by atoms with Crippen molar-refractivity contribution in [2.75, 3.05) is 9.80 Å². The highest BCUT2D eigenvalue weighted by Gasteiger charge is 2.44. The highest BCUT2D eigenvalue weighted by Crippen LogP contribution is 2.50. The number of hydrogen-bond acceptors (Lipinski definition) is 2. The molecule has 9 aromatic carbocycles. The third-order valence-corrected chi connectivity index (χ3v) is 12.7. The lowest BCUT2D eigenvalue weighted by Crippen LogP contribution is -2.61. The normalized spacial score (nSPS) is 13.1. The van der Waals surface area contributed by atoms with Gasteiger partial charge in [-0.05, 0) is 86.5 Å². The SMILES string of the molecule is c1ccc(N2c3ccccc3B3c4ccccc4N(c4ccccc4)c4c3c2cc2c4c3cccc4c5ccccc5c5ccccc5c5ccccc5n2c43)cc1. The quantitative estimate of drug-likeness (QED) is 0.164. The zero-order valence-electron chi connectivity index (χ0n) is 31.5. The Labute approximate surface area is 336 Å². The molecule has 0 atom stereocenters. The van der Waals surface area contributed by atoms with E-state index in [9.17, 15) is 0 Å². The molecule has 13 rings (SSSR count). The van der Waals surface area contributed by atoms with Crippen molar-refractivity contribution in [2.45, 2.75) is 0 Å². The average Bonchev–Trinajstić information content (AvgIpc) is 3.65. The van der Waals surface area contributed by atoms with Crippen molar-refractivity contribution in [3.63, 3.8) is 0 Å². The van der Waals surface area contributed by atoms with Crippen LogP contribution >= 0.6 is 0 Å². The van der Waals surface area contributed by atoms with Gasteiger partial charge in [0.15, 0.2) is 0 Å². The average molecular weight is 736 g/mol. The molecule has 3 nitrogen and oxygen atoms in total. The molecule has 2 aliphatic rings. The Kier molecular flexibility index (Phi) is 6.53. The van der Waals surface area contributed by atoms with Gasteiger partial charge in [0.05, 0.1) is 22.2 Å². The van der Waals surface area contributed by atoms with E-state index in [0.29, 0.717) is 0 Å². The second kappa shape index (κ2) is 12.0. The highest BCUT2D eigenvalue weighted by molar-refractivity contribution is 7.00. The number of para-hydroxylation sites is 6. The molecule has 0 aliphatic carbocycles. The molecular weight excluding hydrogens is 701 g/mol. The second-order valence-electron chi connectivity index (χ2n) is 15.6. The zero-order valence-corrected chi connectivity index (χ0v) is 31.5. The summed E-state index contributed by atoms with van der Waals surface area (Å²) in [6, 6.07) is 76.4. The fourth-order valence-electron chi connectivity index (χ4n) is 10.5. The zero-order chi connectivity index (χ0) is 37.9. The van der Waals surface area contributed by atoms with Crippen LogP contribution in [0.25, 0.3) is 59.6 Å². The van der Waals surface area contributed by atoms with Gasteiger partial charge in [-0.2, -0.15) is 0 Å². The largest absolute Gasteiger partial charge is 0.311 e. The summed E-state index contributed by atoms with van der Waals surface area (Å²) in [4.78, 5) is 5.07. The smallest absolute Gasteiger partial charge is 0.252 e. The van der Waals surface area contributed by atoms with Crippen molar-refractivity contribution < 1.29 is 0 Å². The maximum atomic E-state index is 2.59. The van der Waals surface area contributed by atoms with Gasteiger partial charge in [-0.1, -0.05) is 158 Å². The van der Waals surface area contributed by atoms with Crippen LogP contribution in [0.5, 0.6) is 0 Å². The lowest BCUT2D eigenvalue weighted by Gasteiger charge is -2.44. The number of nitrogens with zero attached hydrogens (tertiary/aromatic N) is 3. The molecule has 4 heterocycles. The number of aromatic nitrogens is 1. The van der Waals surface area contributed by atoms with E-state index in [1.165, 1.54) is 98.8 Å². The molecule has 11 aromatic rings. The van der Waals surface area contributed by atoms with Crippen molar-refractivity contribution >= 4 is 117 Å². The molecule has 58 heavy (non-hydrogen) atoms. The molecule has 0 radical (unpaired) electrons. The van der Waals surface area contributed by atoms with E-state index in [1.54, 1.807) is 0 Å². The maximum Gasteiger partial charge on any atom is 0.252 e. The maximum absolute atomic E-state index is 2.59. The van der Waals surface area contributed by atoms with E-state index in [2.05, 4.69) is 220 Å². The topological polar surface area (TPSA) is 10.9 Å². The van der Waals surface area contributed by atoms with Crippen LogP contribution in [0.2, 0.25) is 0 Å². The Morgan fingerprint density at radius 1 is 0.328 bits per heavy atom. The Morgan fingerprint density at radius 3 is 1.45 bits per heavy atom. The molecule has 2 aliphatic heterocycles.